The number of fused-ring (bicyclic) bond motifs is 2. The summed E-state index contributed by atoms with van der Waals surface area (Å²) < 4.78 is 0.300. The van der Waals surface area contributed by atoms with Crippen LogP contribution in [0.5, 0.6) is 0 Å². The highest BCUT2D eigenvalue weighted by atomic mass is 32.2. The molecule has 2 aromatic carbocycles. The summed E-state index contributed by atoms with van der Waals surface area (Å²) in [4.78, 5) is 2.53. The predicted molar refractivity (Wildman–Crippen MR) is 99.9 cm³/mol. The SMILES string of the molecule is C=CCN1CCC2(CC1)SC(c1ccccc1)c1ccccc12. The quantitative estimate of drug-likeness (QED) is 0.732. The van der Waals surface area contributed by atoms with Gasteiger partial charge in [-0.25, -0.2) is 0 Å². The Kier molecular flexibility index (Phi) is 4.04. The second kappa shape index (κ2) is 6.18. The van der Waals surface area contributed by atoms with Crippen molar-refractivity contribution in [3.05, 3.63) is 83.9 Å². The van der Waals surface area contributed by atoms with Crippen LogP contribution in [0.4, 0.5) is 0 Å². The minimum atomic E-state index is 0.300. The van der Waals surface area contributed by atoms with Gasteiger partial charge in [-0.05, 0) is 29.5 Å². The standard InChI is InChI=1S/C21H23NS/c1-2-14-22-15-12-21(13-16-22)19-11-7-6-10-18(19)20(23-21)17-8-4-3-5-9-17/h2-11,20H,1,12-16H2. The van der Waals surface area contributed by atoms with Gasteiger partial charge in [0.2, 0.25) is 0 Å². The lowest BCUT2D eigenvalue weighted by molar-refractivity contribution is 0.220. The van der Waals surface area contributed by atoms with E-state index >= 15 is 0 Å². The molecule has 1 unspecified atom stereocenters. The molecule has 0 saturated carbocycles. The maximum atomic E-state index is 3.88. The van der Waals surface area contributed by atoms with Crippen molar-refractivity contribution in [1.82, 2.24) is 4.90 Å². The second-order valence-electron chi connectivity index (χ2n) is 6.58. The minimum absolute atomic E-state index is 0.300. The molecular weight excluding hydrogens is 298 g/mol. The number of thioether (sulfide) groups is 1. The lowest BCUT2D eigenvalue weighted by Gasteiger charge is -2.39. The lowest BCUT2D eigenvalue weighted by Crippen LogP contribution is -2.40. The topological polar surface area (TPSA) is 3.24 Å². The summed E-state index contributed by atoms with van der Waals surface area (Å²) in [7, 11) is 0. The molecule has 2 aromatic rings. The molecular formula is C21H23NS. The molecule has 2 heterocycles. The molecule has 1 atom stereocenters. The van der Waals surface area contributed by atoms with Gasteiger partial charge in [0, 0.05) is 24.4 Å². The van der Waals surface area contributed by atoms with Crippen LogP contribution in [0.15, 0.2) is 67.3 Å². The summed E-state index contributed by atoms with van der Waals surface area (Å²) in [5.41, 5.74) is 4.55. The van der Waals surface area contributed by atoms with Crippen molar-refractivity contribution in [2.75, 3.05) is 19.6 Å². The van der Waals surface area contributed by atoms with Gasteiger partial charge < -0.3 is 0 Å². The van der Waals surface area contributed by atoms with E-state index in [1.807, 2.05) is 6.08 Å². The molecule has 0 aliphatic carbocycles. The average Bonchev–Trinajstić information content (AvgIpc) is 2.93. The van der Waals surface area contributed by atoms with Crippen molar-refractivity contribution in [3.8, 4) is 0 Å². The summed E-state index contributed by atoms with van der Waals surface area (Å²) in [6.45, 7) is 7.25. The van der Waals surface area contributed by atoms with E-state index in [1.54, 1.807) is 5.56 Å². The number of piperidine rings is 1. The maximum absolute atomic E-state index is 3.88. The van der Waals surface area contributed by atoms with E-state index in [2.05, 4.69) is 77.8 Å². The molecule has 0 amide bonds. The van der Waals surface area contributed by atoms with Crippen LogP contribution in [0.1, 0.15) is 34.8 Å². The Hall–Kier alpha value is -1.51. The smallest absolute Gasteiger partial charge is 0.0558 e. The zero-order valence-electron chi connectivity index (χ0n) is 13.4. The Morgan fingerprint density at radius 1 is 1.04 bits per heavy atom. The fourth-order valence-corrected chi connectivity index (χ4v) is 5.84. The molecule has 2 aliphatic heterocycles. The fraction of sp³-hybridized carbons (Fsp3) is 0.333. The second-order valence-corrected chi connectivity index (χ2v) is 8.07. The Labute approximate surface area is 143 Å². The molecule has 0 radical (unpaired) electrons. The van der Waals surface area contributed by atoms with Gasteiger partial charge in [-0.2, -0.15) is 0 Å². The van der Waals surface area contributed by atoms with Crippen LogP contribution < -0.4 is 0 Å². The molecule has 2 heteroatoms. The van der Waals surface area contributed by atoms with Crippen molar-refractivity contribution in [2.24, 2.45) is 0 Å². The van der Waals surface area contributed by atoms with Crippen LogP contribution >= 0.6 is 11.8 Å². The van der Waals surface area contributed by atoms with Gasteiger partial charge in [0.25, 0.3) is 0 Å². The third-order valence-electron chi connectivity index (χ3n) is 5.23. The van der Waals surface area contributed by atoms with Crippen molar-refractivity contribution in [2.45, 2.75) is 22.8 Å². The van der Waals surface area contributed by atoms with Gasteiger partial charge in [0.15, 0.2) is 0 Å². The van der Waals surface area contributed by atoms with E-state index in [4.69, 9.17) is 0 Å². The summed E-state index contributed by atoms with van der Waals surface area (Å²) in [5.74, 6) is 0. The van der Waals surface area contributed by atoms with Gasteiger partial charge in [-0.15, -0.1) is 18.3 Å². The zero-order chi connectivity index (χ0) is 15.7. The first-order valence-electron chi connectivity index (χ1n) is 8.48. The molecule has 1 nitrogen and oxygen atoms in total. The van der Waals surface area contributed by atoms with E-state index in [1.165, 1.54) is 37.1 Å². The number of rotatable bonds is 3. The number of likely N-dealkylation sites (tertiary alicyclic amines) is 1. The van der Waals surface area contributed by atoms with Gasteiger partial charge >= 0.3 is 0 Å². The first-order chi connectivity index (χ1) is 11.3. The summed E-state index contributed by atoms with van der Waals surface area (Å²) in [6.07, 6.45) is 4.51. The molecule has 0 bridgehead atoms. The minimum Gasteiger partial charge on any atom is -0.300 e. The van der Waals surface area contributed by atoms with Crippen molar-refractivity contribution in [3.63, 3.8) is 0 Å². The van der Waals surface area contributed by atoms with Crippen LogP contribution in [0.2, 0.25) is 0 Å². The van der Waals surface area contributed by atoms with E-state index in [-0.39, 0.29) is 0 Å². The summed E-state index contributed by atoms with van der Waals surface area (Å²) in [6, 6.07) is 20.1. The molecule has 118 valence electrons. The van der Waals surface area contributed by atoms with E-state index in [0.717, 1.165) is 6.54 Å². The van der Waals surface area contributed by atoms with E-state index in [0.29, 0.717) is 10.00 Å². The molecule has 1 saturated heterocycles. The zero-order valence-corrected chi connectivity index (χ0v) is 14.3. The normalized spacial score (nSPS) is 22.9. The molecule has 1 spiro atoms. The van der Waals surface area contributed by atoms with Gasteiger partial charge in [-0.3, -0.25) is 4.90 Å². The van der Waals surface area contributed by atoms with Crippen LogP contribution in [0, 0.1) is 0 Å². The largest absolute Gasteiger partial charge is 0.300 e. The monoisotopic (exact) mass is 321 g/mol. The van der Waals surface area contributed by atoms with Gasteiger partial charge in [-0.1, -0.05) is 60.7 Å². The Morgan fingerprint density at radius 3 is 2.48 bits per heavy atom. The van der Waals surface area contributed by atoms with Crippen LogP contribution in [-0.4, -0.2) is 24.5 Å². The highest BCUT2D eigenvalue weighted by molar-refractivity contribution is 8.01. The molecule has 23 heavy (non-hydrogen) atoms. The van der Waals surface area contributed by atoms with Crippen LogP contribution in [-0.2, 0) is 4.75 Å². The maximum Gasteiger partial charge on any atom is 0.0558 e. The first kappa shape index (κ1) is 15.0. The van der Waals surface area contributed by atoms with Crippen LogP contribution in [0.3, 0.4) is 0 Å². The fourth-order valence-electron chi connectivity index (χ4n) is 4.04. The number of hydrogen-bond donors (Lipinski definition) is 0. The average molecular weight is 321 g/mol. The van der Waals surface area contributed by atoms with E-state index in [9.17, 15) is 0 Å². The highest BCUT2D eigenvalue weighted by Gasteiger charge is 2.46. The summed E-state index contributed by atoms with van der Waals surface area (Å²) >= 11 is 2.18. The molecule has 0 N–H and O–H groups in total. The van der Waals surface area contributed by atoms with Crippen molar-refractivity contribution in [1.29, 1.82) is 0 Å². The molecule has 4 rings (SSSR count). The van der Waals surface area contributed by atoms with Gasteiger partial charge in [0.1, 0.15) is 0 Å². The molecule has 0 aromatic heterocycles. The molecule has 1 fully saturated rings. The summed E-state index contributed by atoms with van der Waals surface area (Å²) in [5, 5.41) is 0.485. The Bertz CT molecular complexity index is 686. The highest BCUT2D eigenvalue weighted by Crippen LogP contribution is 2.61. The third-order valence-corrected chi connectivity index (χ3v) is 7.07. The Morgan fingerprint density at radius 2 is 1.74 bits per heavy atom. The van der Waals surface area contributed by atoms with E-state index < -0.39 is 0 Å². The molecule has 2 aliphatic rings. The number of nitrogens with zero attached hydrogens (tertiary/aromatic N) is 1. The Balaban J connectivity index is 1.67. The van der Waals surface area contributed by atoms with Crippen molar-refractivity contribution >= 4 is 11.8 Å². The van der Waals surface area contributed by atoms with Crippen LogP contribution in [0.25, 0.3) is 0 Å². The predicted octanol–water partition coefficient (Wildman–Crippen LogP) is 5.00. The van der Waals surface area contributed by atoms with Crippen molar-refractivity contribution < 1.29 is 0 Å². The number of benzene rings is 2. The third kappa shape index (κ3) is 2.64. The van der Waals surface area contributed by atoms with Gasteiger partial charge in [0.05, 0.1) is 5.25 Å². The first-order valence-corrected chi connectivity index (χ1v) is 9.36. The lowest BCUT2D eigenvalue weighted by atomic mass is 9.84. The number of hydrogen-bond acceptors (Lipinski definition) is 2.